The van der Waals surface area contributed by atoms with Gasteiger partial charge in [-0.3, -0.25) is 4.79 Å². The molecule has 0 spiro atoms. The Hall–Kier alpha value is -2.58. The van der Waals surface area contributed by atoms with Crippen molar-refractivity contribution in [1.29, 1.82) is 0 Å². The monoisotopic (exact) mass is 485 g/mol. The van der Waals surface area contributed by atoms with Crippen LogP contribution in [0.4, 0.5) is 5.69 Å². The number of hydrogen-bond donors (Lipinski definition) is 0. The molecule has 1 saturated carbocycles. The van der Waals surface area contributed by atoms with E-state index < -0.39 is 10.0 Å². The third-order valence-corrected chi connectivity index (χ3v) is 8.97. The Morgan fingerprint density at radius 1 is 0.941 bits per heavy atom. The molecule has 2 aliphatic rings. The predicted molar refractivity (Wildman–Crippen MR) is 134 cm³/mol. The molecule has 7 nitrogen and oxygen atoms in total. The van der Waals surface area contributed by atoms with E-state index in [0.29, 0.717) is 18.7 Å². The SMILES string of the molecule is COc1ccc(N2CCCN(C(=O)c3cccc(S(=O)(=O)N(C)C4CCCCC4)c3)CC2)cc1. The lowest BCUT2D eigenvalue weighted by atomic mass is 9.96. The number of sulfonamides is 1. The summed E-state index contributed by atoms with van der Waals surface area (Å²) in [6.07, 6.45) is 5.93. The third kappa shape index (κ3) is 5.39. The predicted octanol–water partition coefficient (Wildman–Crippen LogP) is 4.00. The van der Waals surface area contributed by atoms with E-state index in [1.165, 1.54) is 10.7 Å². The van der Waals surface area contributed by atoms with Gasteiger partial charge in [-0.25, -0.2) is 8.42 Å². The first kappa shape index (κ1) is 24.5. The quantitative estimate of drug-likeness (QED) is 0.619. The van der Waals surface area contributed by atoms with Crippen molar-refractivity contribution in [3.05, 3.63) is 54.1 Å². The van der Waals surface area contributed by atoms with Gasteiger partial charge in [0.1, 0.15) is 5.75 Å². The van der Waals surface area contributed by atoms with Crippen LogP contribution in [0.15, 0.2) is 53.4 Å². The van der Waals surface area contributed by atoms with Gasteiger partial charge in [-0.1, -0.05) is 25.3 Å². The molecule has 4 rings (SSSR count). The smallest absolute Gasteiger partial charge is 0.253 e. The molecule has 34 heavy (non-hydrogen) atoms. The molecule has 2 fully saturated rings. The van der Waals surface area contributed by atoms with Crippen LogP contribution in [0.5, 0.6) is 5.75 Å². The van der Waals surface area contributed by atoms with Crippen molar-refractivity contribution in [1.82, 2.24) is 9.21 Å². The van der Waals surface area contributed by atoms with Gasteiger partial charge >= 0.3 is 0 Å². The highest BCUT2D eigenvalue weighted by molar-refractivity contribution is 7.89. The average molecular weight is 486 g/mol. The first-order valence-electron chi connectivity index (χ1n) is 12.2. The Bertz CT molecular complexity index is 1080. The number of rotatable bonds is 6. The summed E-state index contributed by atoms with van der Waals surface area (Å²) in [6, 6.07) is 14.5. The first-order chi connectivity index (χ1) is 16.4. The molecule has 1 amide bonds. The molecule has 0 aromatic heterocycles. The second kappa shape index (κ2) is 10.8. The molecule has 0 unspecified atom stereocenters. The van der Waals surface area contributed by atoms with E-state index in [1.54, 1.807) is 38.4 Å². The molecule has 184 valence electrons. The number of amides is 1. The molecule has 0 N–H and O–H groups in total. The molecule has 0 radical (unpaired) electrons. The first-order valence-corrected chi connectivity index (χ1v) is 13.6. The molecule has 1 aliphatic carbocycles. The molecule has 2 aromatic rings. The Balaban J connectivity index is 1.45. The highest BCUT2D eigenvalue weighted by atomic mass is 32.2. The number of ether oxygens (including phenoxy) is 1. The molecule has 8 heteroatoms. The minimum absolute atomic E-state index is 0.0349. The summed E-state index contributed by atoms with van der Waals surface area (Å²) in [4.78, 5) is 17.6. The maximum atomic E-state index is 13.3. The number of benzene rings is 2. The Morgan fingerprint density at radius 3 is 2.38 bits per heavy atom. The number of carbonyl (C=O) groups is 1. The van der Waals surface area contributed by atoms with Crippen molar-refractivity contribution in [3.8, 4) is 5.75 Å². The summed E-state index contributed by atoms with van der Waals surface area (Å²) in [7, 11) is -0.319. The van der Waals surface area contributed by atoms with Crippen LogP contribution in [-0.4, -0.2) is 69.9 Å². The lowest BCUT2D eigenvalue weighted by Crippen LogP contribution is -2.38. The highest BCUT2D eigenvalue weighted by Crippen LogP contribution is 2.27. The summed E-state index contributed by atoms with van der Waals surface area (Å²) in [6.45, 7) is 2.81. The van der Waals surface area contributed by atoms with Gasteiger partial charge in [-0.2, -0.15) is 4.31 Å². The zero-order valence-electron chi connectivity index (χ0n) is 20.2. The van der Waals surface area contributed by atoms with Crippen molar-refractivity contribution in [2.45, 2.75) is 49.5 Å². The Morgan fingerprint density at radius 2 is 1.68 bits per heavy atom. The number of anilines is 1. The van der Waals surface area contributed by atoms with Gasteiger partial charge in [0, 0.05) is 50.5 Å². The van der Waals surface area contributed by atoms with E-state index in [-0.39, 0.29) is 16.8 Å². The van der Waals surface area contributed by atoms with Crippen LogP contribution < -0.4 is 9.64 Å². The third-order valence-electron chi connectivity index (χ3n) is 7.07. The minimum atomic E-state index is -3.64. The van der Waals surface area contributed by atoms with Gasteiger partial charge in [0.15, 0.2) is 0 Å². The molecule has 1 heterocycles. The fraction of sp³-hybridized carbons (Fsp3) is 0.500. The summed E-state index contributed by atoms with van der Waals surface area (Å²) in [5.41, 5.74) is 1.53. The van der Waals surface area contributed by atoms with Crippen LogP contribution >= 0.6 is 0 Å². The number of methoxy groups -OCH3 is 1. The summed E-state index contributed by atoms with van der Waals surface area (Å²) >= 11 is 0. The van der Waals surface area contributed by atoms with Crippen molar-refractivity contribution in [2.24, 2.45) is 0 Å². The number of hydrogen-bond acceptors (Lipinski definition) is 5. The van der Waals surface area contributed by atoms with E-state index in [9.17, 15) is 13.2 Å². The second-order valence-corrected chi connectivity index (χ2v) is 11.2. The van der Waals surface area contributed by atoms with Crippen molar-refractivity contribution < 1.29 is 17.9 Å². The standard InChI is InChI=1S/C26H35N3O4S/c1-27(22-9-4-3-5-10-22)34(31,32)25-11-6-8-21(20-25)26(30)29-17-7-16-28(18-19-29)23-12-14-24(33-2)15-13-23/h6,8,11-15,20,22H,3-5,7,9-10,16-19H2,1-2H3. The molecule has 1 saturated heterocycles. The fourth-order valence-corrected chi connectivity index (χ4v) is 6.41. The lowest BCUT2D eigenvalue weighted by molar-refractivity contribution is 0.0766. The van der Waals surface area contributed by atoms with Crippen LogP contribution in [0.1, 0.15) is 48.9 Å². The average Bonchev–Trinajstić information content (AvgIpc) is 3.15. The van der Waals surface area contributed by atoms with Crippen molar-refractivity contribution in [3.63, 3.8) is 0 Å². The minimum Gasteiger partial charge on any atom is -0.497 e. The van der Waals surface area contributed by atoms with E-state index >= 15 is 0 Å². The van der Waals surface area contributed by atoms with Crippen LogP contribution in [0.3, 0.4) is 0 Å². The number of nitrogens with zero attached hydrogens (tertiary/aromatic N) is 3. The van der Waals surface area contributed by atoms with Gasteiger partial charge in [0.05, 0.1) is 12.0 Å². The molecule has 1 aliphatic heterocycles. The fourth-order valence-electron chi connectivity index (χ4n) is 4.95. The molecule has 0 atom stereocenters. The van der Waals surface area contributed by atoms with E-state index in [1.807, 2.05) is 29.2 Å². The second-order valence-electron chi connectivity index (χ2n) is 9.17. The van der Waals surface area contributed by atoms with E-state index in [4.69, 9.17) is 4.74 Å². The van der Waals surface area contributed by atoms with Crippen LogP contribution in [0.25, 0.3) is 0 Å². The van der Waals surface area contributed by atoms with Gasteiger partial charge < -0.3 is 14.5 Å². The van der Waals surface area contributed by atoms with Gasteiger partial charge in [-0.15, -0.1) is 0 Å². The van der Waals surface area contributed by atoms with E-state index in [0.717, 1.165) is 56.6 Å². The topological polar surface area (TPSA) is 70.2 Å². The summed E-state index contributed by atoms with van der Waals surface area (Å²) in [5, 5.41) is 0. The molecule has 0 bridgehead atoms. The molecular weight excluding hydrogens is 450 g/mol. The Labute approximate surface area is 203 Å². The normalized spacial score (nSPS) is 18.1. The molecular formula is C26H35N3O4S. The maximum Gasteiger partial charge on any atom is 0.253 e. The zero-order chi connectivity index (χ0) is 24.1. The highest BCUT2D eigenvalue weighted by Gasteiger charge is 2.30. The van der Waals surface area contributed by atoms with Gasteiger partial charge in [0.25, 0.3) is 5.91 Å². The largest absolute Gasteiger partial charge is 0.497 e. The van der Waals surface area contributed by atoms with Crippen LogP contribution in [-0.2, 0) is 10.0 Å². The Kier molecular flexibility index (Phi) is 7.78. The summed E-state index contributed by atoms with van der Waals surface area (Å²) < 4.78 is 33.3. The van der Waals surface area contributed by atoms with Gasteiger partial charge in [0.2, 0.25) is 10.0 Å². The maximum absolute atomic E-state index is 13.3. The van der Waals surface area contributed by atoms with Crippen molar-refractivity contribution >= 4 is 21.6 Å². The number of carbonyl (C=O) groups excluding carboxylic acids is 1. The lowest BCUT2D eigenvalue weighted by Gasteiger charge is -2.30. The van der Waals surface area contributed by atoms with Crippen LogP contribution in [0.2, 0.25) is 0 Å². The van der Waals surface area contributed by atoms with Crippen LogP contribution in [0, 0.1) is 0 Å². The summed E-state index contributed by atoms with van der Waals surface area (Å²) in [5.74, 6) is 0.702. The van der Waals surface area contributed by atoms with Gasteiger partial charge in [-0.05, 0) is 61.7 Å². The molecule has 2 aromatic carbocycles. The zero-order valence-corrected chi connectivity index (χ0v) is 21.0. The van der Waals surface area contributed by atoms with Crippen molar-refractivity contribution in [2.75, 3.05) is 45.2 Å². The van der Waals surface area contributed by atoms with E-state index in [2.05, 4.69) is 4.90 Å².